The summed E-state index contributed by atoms with van der Waals surface area (Å²) in [6.45, 7) is 5.42. The molecule has 1 aromatic heterocycles. The van der Waals surface area contributed by atoms with Gasteiger partial charge in [0.1, 0.15) is 0 Å². The van der Waals surface area contributed by atoms with E-state index in [-0.39, 0.29) is 18.0 Å². The molecule has 1 N–H and O–H groups in total. The van der Waals surface area contributed by atoms with Crippen LogP contribution >= 0.6 is 11.3 Å². The van der Waals surface area contributed by atoms with Crippen LogP contribution < -0.4 is 5.32 Å². The molecule has 0 spiro atoms. The van der Waals surface area contributed by atoms with Crippen LogP contribution in [0.2, 0.25) is 0 Å². The highest BCUT2D eigenvalue weighted by Gasteiger charge is 2.26. The molecule has 0 radical (unpaired) electrons. The normalized spacial score (nSPS) is 15.9. The number of amides is 3. The van der Waals surface area contributed by atoms with Gasteiger partial charge in [0.2, 0.25) is 5.91 Å². The predicted molar refractivity (Wildman–Crippen MR) is 88.0 cm³/mol. The van der Waals surface area contributed by atoms with E-state index in [2.05, 4.69) is 10.3 Å². The number of aromatic nitrogens is 1. The third kappa shape index (κ3) is 4.43. The molecule has 2 heterocycles. The molecule has 6 nitrogen and oxygen atoms in total. The highest BCUT2D eigenvalue weighted by atomic mass is 32.1. The average molecular weight is 324 g/mol. The molecule has 0 unspecified atom stereocenters. The number of hydrogen-bond acceptors (Lipinski definition) is 4. The Labute approximate surface area is 135 Å². The lowest BCUT2D eigenvalue weighted by Gasteiger charge is -2.32. The number of urea groups is 1. The number of thiazole rings is 1. The lowest BCUT2D eigenvalue weighted by atomic mass is 9.93. The van der Waals surface area contributed by atoms with Crippen molar-refractivity contribution in [2.24, 2.45) is 5.92 Å². The van der Waals surface area contributed by atoms with E-state index in [0.29, 0.717) is 30.6 Å². The Morgan fingerprint density at radius 3 is 2.68 bits per heavy atom. The van der Waals surface area contributed by atoms with Crippen LogP contribution in [0.4, 0.5) is 9.93 Å². The van der Waals surface area contributed by atoms with Crippen molar-refractivity contribution >= 4 is 28.4 Å². The van der Waals surface area contributed by atoms with Gasteiger partial charge >= 0.3 is 6.03 Å². The molecule has 122 valence electrons. The second kappa shape index (κ2) is 7.58. The van der Waals surface area contributed by atoms with E-state index in [1.54, 1.807) is 16.0 Å². The van der Waals surface area contributed by atoms with E-state index in [1.807, 2.05) is 26.3 Å². The second-order valence-electron chi connectivity index (χ2n) is 6.00. The Balaban J connectivity index is 1.75. The fraction of sp³-hybridized carbons (Fsp3) is 0.667. The van der Waals surface area contributed by atoms with Crippen LogP contribution in [0.3, 0.4) is 0 Å². The third-order valence-electron chi connectivity index (χ3n) is 4.18. The molecule has 0 saturated carbocycles. The molecule has 1 aliphatic rings. The summed E-state index contributed by atoms with van der Waals surface area (Å²) in [5.74, 6) is 0.568. The first-order valence-electron chi connectivity index (χ1n) is 7.68. The Kier molecular flexibility index (Phi) is 5.76. The first-order valence-corrected chi connectivity index (χ1v) is 8.56. The molecule has 1 saturated heterocycles. The van der Waals surface area contributed by atoms with Crippen molar-refractivity contribution in [3.8, 4) is 0 Å². The van der Waals surface area contributed by atoms with Gasteiger partial charge in [-0.3, -0.25) is 10.1 Å². The largest absolute Gasteiger partial charge is 0.343 e. The Bertz CT molecular complexity index is 496. The fourth-order valence-corrected chi connectivity index (χ4v) is 2.99. The second-order valence-corrected chi connectivity index (χ2v) is 6.89. The summed E-state index contributed by atoms with van der Waals surface area (Å²) >= 11 is 1.41. The minimum atomic E-state index is -0.0981. The Hall–Kier alpha value is -1.63. The van der Waals surface area contributed by atoms with Crippen molar-refractivity contribution in [1.82, 2.24) is 14.8 Å². The molecule has 0 atom stereocenters. The molecular formula is C15H24N4O2S. The van der Waals surface area contributed by atoms with Crippen LogP contribution in [-0.4, -0.2) is 52.9 Å². The Morgan fingerprint density at radius 1 is 1.45 bits per heavy atom. The topological polar surface area (TPSA) is 65.5 Å². The quantitative estimate of drug-likeness (QED) is 0.926. The number of nitrogens with zero attached hydrogens (tertiary/aromatic N) is 3. The number of piperidine rings is 1. The van der Waals surface area contributed by atoms with Crippen LogP contribution in [0.5, 0.6) is 0 Å². The number of anilines is 1. The van der Waals surface area contributed by atoms with E-state index in [4.69, 9.17) is 0 Å². The van der Waals surface area contributed by atoms with Crippen LogP contribution in [0, 0.1) is 5.92 Å². The van der Waals surface area contributed by atoms with Crippen molar-refractivity contribution in [1.29, 1.82) is 0 Å². The summed E-state index contributed by atoms with van der Waals surface area (Å²) in [5.41, 5.74) is 0. The van der Waals surface area contributed by atoms with Crippen molar-refractivity contribution in [3.63, 3.8) is 0 Å². The maximum absolute atomic E-state index is 12.1. The lowest BCUT2D eigenvalue weighted by molar-refractivity contribution is -0.132. The molecule has 0 aromatic carbocycles. The molecule has 1 fully saturated rings. The molecule has 2 rings (SSSR count). The summed E-state index contributed by atoms with van der Waals surface area (Å²) in [7, 11) is 1.85. The van der Waals surface area contributed by atoms with Gasteiger partial charge < -0.3 is 9.80 Å². The fourth-order valence-electron chi connectivity index (χ4n) is 2.47. The maximum atomic E-state index is 12.1. The zero-order valence-corrected chi connectivity index (χ0v) is 14.2. The van der Waals surface area contributed by atoms with Crippen molar-refractivity contribution in [3.05, 3.63) is 11.6 Å². The molecule has 22 heavy (non-hydrogen) atoms. The van der Waals surface area contributed by atoms with Crippen LogP contribution in [0.25, 0.3) is 0 Å². The average Bonchev–Trinajstić information content (AvgIpc) is 2.99. The molecular weight excluding hydrogens is 300 g/mol. The highest BCUT2D eigenvalue weighted by Crippen LogP contribution is 2.22. The Morgan fingerprint density at radius 2 is 2.14 bits per heavy atom. The van der Waals surface area contributed by atoms with E-state index in [0.717, 1.165) is 12.8 Å². The third-order valence-corrected chi connectivity index (χ3v) is 4.87. The number of carbonyl (C=O) groups excluding carboxylic acids is 2. The molecule has 0 bridgehead atoms. The smallest absolute Gasteiger partial charge is 0.323 e. The zero-order chi connectivity index (χ0) is 16.1. The zero-order valence-electron chi connectivity index (χ0n) is 13.4. The van der Waals surface area contributed by atoms with E-state index in [1.165, 1.54) is 11.3 Å². The van der Waals surface area contributed by atoms with E-state index < -0.39 is 0 Å². The molecule has 1 aromatic rings. The first-order chi connectivity index (χ1) is 10.5. The standard InChI is InChI=1S/C15H24N4O2S/c1-11(2)18(3)13(20)10-12-4-7-19(8-5-12)15(21)17-14-16-6-9-22-14/h6,9,11-12H,4-5,7-8,10H2,1-3H3,(H,16,17,21). The number of rotatable bonds is 4. The van der Waals surface area contributed by atoms with Gasteiger partial charge in [0.15, 0.2) is 5.13 Å². The van der Waals surface area contributed by atoms with Gasteiger partial charge in [-0.05, 0) is 32.6 Å². The number of nitrogens with one attached hydrogen (secondary N) is 1. The number of hydrogen-bond donors (Lipinski definition) is 1. The molecule has 3 amide bonds. The van der Waals surface area contributed by atoms with Gasteiger partial charge in [-0.15, -0.1) is 11.3 Å². The molecule has 1 aliphatic heterocycles. The van der Waals surface area contributed by atoms with Crippen molar-refractivity contribution in [2.75, 3.05) is 25.5 Å². The maximum Gasteiger partial charge on any atom is 0.323 e. The van der Waals surface area contributed by atoms with Crippen molar-refractivity contribution < 1.29 is 9.59 Å². The summed E-state index contributed by atoms with van der Waals surface area (Å²) in [4.78, 5) is 31.8. The monoisotopic (exact) mass is 324 g/mol. The van der Waals surface area contributed by atoms with Gasteiger partial charge in [-0.1, -0.05) is 0 Å². The minimum absolute atomic E-state index is 0.0981. The van der Waals surface area contributed by atoms with Crippen LogP contribution in [0.1, 0.15) is 33.1 Å². The van der Waals surface area contributed by atoms with Gasteiger partial charge in [0.05, 0.1) is 0 Å². The number of likely N-dealkylation sites (tertiary alicyclic amines) is 1. The highest BCUT2D eigenvalue weighted by molar-refractivity contribution is 7.13. The van der Waals surface area contributed by atoms with E-state index in [9.17, 15) is 9.59 Å². The molecule has 0 aliphatic carbocycles. The number of carbonyl (C=O) groups is 2. The van der Waals surface area contributed by atoms with Gasteiger partial charge in [-0.25, -0.2) is 9.78 Å². The first kappa shape index (κ1) is 16.7. The van der Waals surface area contributed by atoms with Gasteiger partial charge in [0, 0.05) is 44.2 Å². The summed E-state index contributed by atoms with van der Waals surface area (Å²) < 4.78 is 0. The van der Waals surface area contributed by atoms with Gasteiger partial charge in [0.25, 0.3) is 0 Å². The minimum Gasteiger partial charge on any atom is -0.343 e. The predicted octanol–water partition coefficient (Wildman–Crippen LogP) is 2.64. The summed E-state index contributed by atoms with van der Waals surface area (Å²) in [6, 6.07) is 0.135. The van der Waals surface area contributed by atoms with Crippen LogP contribution in [0.15, 0.2) is 11.6 Å². The summed E-state index contributed by atoms with van der Waals surface area (Å²) in [6.07, 6.45) is 4.01. The van der Waals surface area contributed by atoms with Crippen molar-refractivity contribution in [2.45, 2.75) is 39.2 Å². The van der Waals surface area contributed by atoms with E-state index >= 15 is 0 Å². The summed E-state index contributed by atoms with van der Waals surface area (Å²) in [5, 5.41) is 5.26. The van der Waals surface area contributed by atoms with Gasteiger partial charge in [-0.2, -0.15) is 0 Å². The SMILES string of the molecule is CC(C)N(C)C(=O)CC1CCN(C(=O)Nc2nccs2)CC1. The lowest BCUT2D eigenvalue weighted by Crippen LogP contribution is -2.42. The van der Waals surface area contributed by atoms with Crippen LogP contribution in [-0.2, 0) is 4.79 Å². The molecule has 7 heteroatoms.